The summed E-state index contributed by atoms with van der Waals surface area (Å²) in [7, 11) is 0. The van der Waals surface area contributed by atoms with E-state index in [4.69, 9.17) is 23.2 Å². The first kappa shape index (κ1) is 10.7. The number of hydrogen-bond acceptors (Lipinski definition) is 1. The molecule has 0 bridgehead atoms. The van der Waals surface area contributed by atoms with Gasteiger partial charge in [-0.1, -0.05) is 29.3 Å². The lowest BCUT2D eigenvalue weighted by molar-refractivity contribution is 1.39. The monoisotopic (exact) mass is 353 g/mol. The number of aromatic nitrogens is 1. The first-order valence-corrected chi connectivity index (χ1v) is 6.03. The third-order valence-corrected chi connectivity index (χ3v) is 4.54. The zero-order chi connectivity index (χ0) is 10.3. The number of fused-ring (bicyclic) bond motifs is 1. The van der Waals surface area contributed by atoms with Gasteiger partial charge in [-0.3, -0.25) is 4.98 Å². The zero-order valence-corrected chi connectivity index (χ0v) is 11.4. The minimum Gasteiger partial charge on any atom is -0.253 e. The van der Waals surface area contributed by atoms with E-state index in [1.165, 1.54) is 0 Å². The van der Waals surface area contributed by atoms with Crippen molar-refractivity contribution in [1.82, 2.24) is 4.98 Å². The fourth-order valence-corrected chi connectivity index (χ4v) is 2.32. The lowest BCUT2D eigenvalue weighted by atomic mass is 10.2. The molecule has 1 nitrogen and oxygen atoms in total. The lowest BCUT2D eigenvalue weighted by Crippen LogP contribution is -1.83. The summed E-state index contributed by atoms with van der Waals surface area (Å²) >= 11 is 18.7. The molecule has 0 spiro atoms. The van der Waals surface area contributed by atoms with Crippen molar-refractivity contribution in [3.63, 3.8) is 0 Å². The van der Waals surface area contributed by atoms with Crippen LogP contribution in [-0.2, 0) is 0 Å². The number of nitrogens with zero attached hydrogens (tertiary/aromatic N) is 1. The molecule has 14 heavy (non-hydrogen) atoms. The standard InChI is InChI=1S/C9H3Br2Cl2N/c10-7-4-1-2-5(12)8(11)9(4)14-3-6(7)13/h1-3H. The Balaban J connectivity index is 2.94. The Bertz CT molecular complexity index is 466. The highest BCUT2D eigenvalue weighted by Gasteiger charge is 2.09. The number of benzene rings is 1. The summed E-state index contributed by atoms with van der Waals surface area (Å²) in [6.45, 7) is 0. The molecule has 0 amide bonds. The molecule has 0 atom stereocenters. The fourth-order valence-electron chi connectivity index (χ4n) is 1.15. The SMILES string of the molecule is Clc1cnc2c(Br)c(Cl)ccc2c1Br. The van der Waals surface area contributed by atoms with Gasteiger partial charge < -0.3 is 0 Å². The second-order valence-electron chi connectivity index (χ2n) is 2.68. The van der Waals surface area contributed by atoms with E-state index in [1.54, 1.807) is 12.3 Å². The Hall–Kier alpha value is 0.170. The van der Waals surface area contributed by atoms with E-state index in [-0.39, 0.29) is 0 Å². The van der Waals surface area contributed by atoms with Crippen LogP contribution in [0, 0.1) is 0 Å². The van der Waals surface area contributed by atoms with Gasteiger partial charge in [0.15, 0.2) is 0 Å². The van der Waals surface area contributed by atoms with Crippen molar-refractivity contribution < 1.29 is 0 Å². The van der Waals surface area contributed by atoms with Crippen LogP contribution in [0.5, 0.6) is 0 Å². The van der Waals surface area contributed by atoms with Crippen LogP contribution >= 0.6 is 55.1 Å². The highest BCUT2D eigenvalue weighted by molar-refractivity contribution is 9.11. The van der Waals surface area contributed by atoms with Crippen molar-refractivity contribution in [3.05, 3.63) is 37.3 Å². The van der Waals surface area contributed by atoms with Crippen molar-refractivity contribution in [3.8, 4) is 0 Å². The second-order valence-corrected chi connectivity index (χ2v) is 5.08. The topological polar surface area (TPSA) is 12.9 Å². The van der Waals surface area contributed by atoms with E-state index < -0.39 is 0 Å². The summed E-state index contributed by atoms with van der Waals surface area (Å²) in [6.07, 6.45) is 1.59. The maximum atomic E-state index is 5.94. The average Bonchev–Trinajstić information content (AvgIpc) is 2.17. The molecular formula is C9H3Br2Cl2N. The van der Waals surface area contributed by atoms with E-state index in [9.17, 15) is 0 Å². The molecule has 72 valence electrons. The van der Waals surface area contributed by atoms with Gasteiger partial charge in [-0.05, 0) is 37.9 Å². The van der Waals surface area contributed by atoms with Crippen LogP contribution in [0.1, 0.15) is 0 Å². The fraction of sp³-hybridized carbons (Fsp3) is 0. The minimum atomic E-state index is 0.590. The molecule has 2 rings (SSSR count). The van der Waals surface area contributed by atoms with E-state index in [0.717, 1.165) is 19.8 Å². The predicted molar refractivity (Wildman–Crippen MR) is 67.2 cm³/mol. The third kappa shape index (κ3) is 1.67. The molecule has 0 aliphatic heterocycles. The second kappa shape index (κ2) is 3.97. The first-order valence-electron chi connectivity index (χ1n) is 3.69. The van der Waals surface area contributed by atoms with Crippen molar-refractivity contribution >= 4 is 66.0 Å². The number of halogens is 4. The molecule has 0 aliphatic rings. The molecule has 0 N–H and O–H groups in total. The zero-order valence-electron chi connectivity index (χ0n) is 6.69. The Kier molecular flexibility index (Phi) is 3.03. The van der Waals surface area contributed by atoms with Gasteiger partial charge in [-0.25, -0.2) is 0 Å². The largest absolute Gasteiger partial charge is 0.253 e. The predicted octanol–water partition coefficient (Wildman–Crippen LogP) is 5.07. The van der Waals surface area contributed by atoms with Gasteiger partial charge in [0, 0.05) is 16.1 Å². The average molecular weight is 356 g/mol. The first-order chi connectivity index (χ1) is 6.61. The molecule has 1 aromatic carbocycles. The summed E-state index contributed by atoms with van der Waals surface area (Å²) in [5.74, 6) is 0. The number of rotatable bonds is 0. The van der Waals surface area contributed by atoms with Crippen LogP contribution in [0.2, 0.25) is 10.0 Å². The van der Waals surface area contributed by atoms with Crippen LogP contribution < -0.4 is 0 Å². The van der Waals surface area contributed by atoms with Crippen molar-refractivity contribution in [2.75, 3.05) is 0 Å². The molecule has 0 aliphatic carbocycles. The van der Waals surface area contributed by atoms with Gasteiger partial charge in [0.05, 0.1) is 20.0 Å². The van der Waals surface area contributed by atoms with Gasteiger partial charge in [0.1, 0.15) is 0 Å². The van der Waals surface area contributed by atoms with Gasteiger partial charge in [0.2, 0.25) is 0 Å². The molecule has 0 saturated heterocycles. The highest BCUT2D eigenvalue weighted by atomic mass is 79.9. The summed E-state index contributed by atoms with van der Waals surface area (Å²) < 4.78 is 1.62. The molecule has 0 saturated carbocycles. The molecule has 0 fully saturated rings. The molecular weight excluding hydrogens is 353 g/mol. The van der Waals surface area contributed by atoms with E-state index in [2.05, 4.69) is 36.8 Å². The van der Waals surface area contributed by atoms with Crippen LogP contribution in [0.3, 0.4) is 0 Å². The van der Waals surface area contributed by atoms with Gasteiger partial charge in [-0.15, -0.1) is 0 Å². The lowest BCUT2D eigenvalue weighted by Gasteiger charge is -2.04. The van der Waals surface area contributed by atoms with Gasteiger partial charge >= 0.3 is 0 Å². The maximum Gasteiger partial charge on any atom is 0.0871 e. The minimum absolute atomic E-state index is 0.590. The summed E-state index contributed by atoms with van der Waals surface area (Å²) in [4.78, 5) is 4.21. The van der Waals surface area contributed by atoms with E-state index in [0.29, 0.717) is 10.0 Å². The van der Waals surface area contributed by atoms with Crippen molar-refractivity contribution in [1.29, 1.82) is 0 Å². The highest BCUT2D eigenvalue weighted by Crippen LogP contribution is 2.36. The van der Waals surface area contributed by atoms with E-state index >= 15 is 0 Å². The van der Waals surface area contributed by atoms with Crippen LogP contribution in [0.4, 0.5) is 0 Å². The smallest absolute Gasteiger partial charge is 0.0871 e. The molecule has 1 heterocycles. The molecule has 1 aromatic heterocycles. The molecule has 2 aromatic rings. The maximum absolute atomic E-state index is 5.94. The number of pyridine rings is 1. The van der Waals surface area contributed by atoms with Crippen LogP contribution in [0.15, 0.2) is 27.3 Å². The van der Waals surface area contributed by atoms with Crippen LogP contribution in [-0.4, -0.2) is 4.98 Å². The normalized spacial score (nSPS) is 10.9. The van der Waals surface area contributed by atoms with Gasteiger partial charge in [0.25, 0.3) is 0 Å². The molecule has 5 heteroatoms. The van der Waals surface area contributed by atoms with Gasteiger partial charge in [-0.2, -0.15) is 0 Å². The quantitative estimate of drug-likeness (QED) is 0.643. The van der Waals surface area contributed by atoms with E-state index in [1.807, 2.05) is 6.07 Å². The Labute approximate surface area is 108 Å². The molecule has 0 radical (unpaired) electrons. The Morgan fingerprint density at radius 1 is 1.00 bits per heavy atom. The van der Waals surface area contributed by atoms with Crippen LogP contribution in [0.25, 0.3) is 10.9 Å². The molecule has 0 unspecified atom stereocenters. The Morgan fingerprint density at radius 3 is 2.43 bits per heavy atom. The summed E-state index contributed by atoms with van der Waals surface area (Å²) in [5, 5.41) is 2.17. The third-order valence-electron chi connectivity index (χ3n) is 1.82. The Morgan fingerprint density at radius 2 is 1.71 bits per heavy atom. The van der Waals surface area contributed by atoms with Crippen molar-refractivity contribution in [2.24, 2.45) is 0 Å². The number of hydrogen-bond donors (Lipinski definition) is 0. The van der Waals surface area contributed by atoms with Crippen molar-refractivity contribution in [2.45, 2.75) is 0 Å². The summed E-state index contributed by atoms with van der Waals surface area (Å²) in [5.41, 5.74) is 0.800. The summed E-state index contributed by atoms with van der Waals surface area (Å²) in [6, 6.07) is 3.68.